The maximum Gasteiger partial charge on any atom is -1.00 e. The summed E-state index contributed by atoms with van der Waals surface area (Å²) in [6, 6.07) is 47.4. The van der Waals surface area contributed by atoms with Gasteiger partial charge in [0.05, 0.1) is 0 Å². The molecule has 0 saturated heterocycles. The van der Waals surface area contributed by atoms with Crippen LogP contribution in [-0.2, 0) is 33.8 Å². The van der Waals surface area contributed by atoms with Crippen molar-refractivity contribution in [2.24, 2.45) is 0 Å². The monoisotopic (exact) mass is 858 g/mol. The number of hydrogen-bond donors (Lipinski definition) is 0. The van der Waals surface area contributed by atoms with Crippen molar-refractivity contribution in [2.75, 3.05) is 0 Å². The van der Waals surface area contributed by atoms with Crippen LogP contribution in [0.25, 0.3) is 32.7 Å². The topological polar surface area (TPSA) is 0 Å². The van der Waals surface area contributed by atoms with Gasteiger partial charge in [0.25, 0.3) is 0 Å². The van der Waals surface area contributed by atoms with E-state index < -0.39 is 21.0 Å². The predicted molar refractivity (Wildman–Crippen MR) is 204 cm³/mol. The van der Waals surface area contributed by atoms with Gasteiger partial charge in [0.2, 0.25) is 0 Å². The first-order valence-corrected chi connectivity index (χ1v) is 23.7. The standard InChI is InChI=1S/C21H13.C21H26.C5H5.2ClH.Hf/c1-2-8-15-14(7-1)13-20-18-11-4-3-9-16(18)17-10-5-6-12-19(17)21(15)20;1-3-5-7-18-9-13-20(14-10-18)17-21-15-11-19(12-16-21)8-6-4-2;1-2-4-5-3-1;;;/h1-13H;9-16H,3-8H2,1-2H3;1-3H,4H2;2*1H;/q;;;;;+2/p-2. The van der Waals surface area contributed by atoms with E-state index >= 15 is 0 Å². The van der Waals surface area contributed by atoms with E-state index in [1.54, 1.807) is 17.7 Å². The maximum absolute atomic E-state index is 3.05. The van der Waals surface area contributed by atoms with E-state index in [1.165, 1.54) is 80.6 Å². The predicted octanol–water partition coefficient (Wildman–Crippen LogP) is 6.49. The summed E-state index contributed by atoms with van der Waals surface area (Å²) in [7, 11) is 0. The minimum absolute atomic E-state index is 0. The fourth-order valence-electron chi connectivity index (χ4n) is 8.24. The van der Waals surface area contributed by atoms with Crippen LogP contribution in [0.2, 0.25) is 0 Å². The van der Waals surface area contributed by atoms with Crippen molar-refractivity contribution in [3.63, 3.8) is 0 Å². The van der Waals surface area contributed by atoms with Gasteiger partial charge in [-0.15, -0.1) is 0 Å². The molecule has 6 aromatic rings. The molecule has 0 nitrogen and oxygen atoms in total. The zero-order chi connectivity index (χ0) is 32.5. The van der Waals surface area contributed by atoms with E-state index in [0.29, 0.717) is 3.67 Å². The van der Waals surface area contributed by atoms with Gasteiger partial charge in [0, 0.05) is 0 Å². The first-order valence-electron chi connectivity index (χ1n) is 18.1. The van der Waals surface area contributed by atoms with Gasteiger partial charge in [-0.05, 0) is 0 Å². The van der Waals surface area contributed by atoms with Crippen molar-refractivity contribution in [3.05, 3.63) is 176 Å². The molecule has 6 aromatic carbocycles. The molecule has 0 heterocycles. The summed E-state index contributed by atoms with van der Waals surface area (Å²) >= 11 is -3.05. The Bertz CT molecular complexity index is 2170. The molecule has 50 heavy (non-hydrogen) atoms. The van der Waals surface area contributed by atoms with Gasteiger partial charge in [-0.3, -0.25) is 0 Å². The maximum atomic E-state index is 2.51. The molecule has 3 heteroatoms. The number of halogens is 2. The fourth-order valence-corrected chi connectivity index (χ4v) is 21.5. The van der Waals surface area contributed by atoms with E-state index in [0.717, 1.165) is 19.3 Å². The largest absolute Gasteiger partial charge is 1.00 e. The molecule has 0 N–H and O–H groups in total. The second kappa shape index (κ2) is 16.3. The van der Waals surface area contributed by atoms with Crippen LogP contribution in [0.1, 0.15) is 83.0 Å². The molecular formula is C47H44Cl2Hf. The molecule has 0 radical (unpaired) electrons. The summed E-state index contributed by atoms with van der Waals surface area (Å²) in [4.78, 5) is 0. The first kappa shape index (κ1) is 36.4. The number of fused-ring (bicyclic) bond motifs is 8. The van der Waals surface area contributed by atoms with Crippen molar-refractivity contribution in [3.8, 4) is 11.1 Å². The minimum atomic E-state index is -3.05. The van der Waals surface area contributed by atoms with Gasteiger partial charge >= 0.3 is 296 Å². The van der Waals surface area contributed by atoms with Crippen LogP contribution in [0.5, 0.6) is 0 Å². The fraction of sp³-hybridized carbons (Fsp3) is 0.213. The van der Waals surface area contributed by atoms with Crippen LogP contribution in [0.3, 0.4) is 0 Å². The normalized spacial score (nSPS) is 13.9. The Morgan fingerprint density at radius 2 is 1.12 bits per heavy atom. The third kappa shape index (κ3) is 6.70. The SMILES string of the molecule is CCCCc1ccc([C](c2ccc(CCCC)cc2)=[Hf+2]([C]2=CC=CC2)[CH]2c3ccccc3-c3c2c2ccccc2c2ccccc32)cc1.[Cl-].[Cl-]. The Morgan fingerprint density at radius 3 is 1.68 bits per heavy atom. The summed E-state index contributed by atoms with van der Waals surface area (Å²) in [5, 5.41) is 5.58. The van der Waals surface area contributed by atoms with Gasteiger partial charge in [-0.1, -0.05) is 0 Å². The summed E-state index contributed by atoms with van der Waals surface area (Å²) in [6.45, 7) is 4.58. The van der Waals surface area contributed by atoms with Gasteiger partial charge in [0.15, 0.2) is 0 Å². The molecule has 1 unspecified atom stereocenters. The van der Waals surface area contributed by atoms with Gasteiger partial charge in [-0.25, -0.2) is 0 Å². The number of allylic oxidation sites excluding steroid dienone is 4. The first-order chi connectivity index (χ1) is 23.8. The van der Waals surface area contributed by atoms with E-state index in [9.17, 15) is 0 Å². The van der Waals surface area contributed by atoms with E-state index in [-0.39, 0.29) is 24.8 Å². The molecule has 0 bridgehead atoms. The Kier molecular flexibility index (Phi) is 11.9. The van der Waals surface area contributed by atoms with Crippen LogP contribution < -0.4 is 24.8 Å². The molecule has 250 valence electrons. The van der Waals surface area contributed by atoms with E-state index in [2.05, 4.69) is 153 Å². The van der Waals surface area contributed by atoms with Crippen molar-refractivity contribution in [1.29, 1.82) is 0 Å². The summed E-state index contributed by atoms with van der Waals surface area (Å²) < 4.78 is 3.77. The van der Waals surface area contributed by atoms with Crippen molar-refractivity contribution >= 4 is 24.8 Å². The molecule has 0 fully saturated rings. The van der Waals surface area contributed by atoms with Crippen molar-refractivity contribution in [1.82, 2.24) is 0 Å². The molecule has 1 atom stereocenters. The summed E-state index contributed by atoms with van der Waals surface area (Å²) in [6.07, 6.45) is 15.6. The minimum Gasteiger partial charge on any atom is -1.00 e. The molecule has 2 aliphatic rings. The Labute approximate surface area is 318 Å². The Hall–Kier alpha value is -3.36. The molecule has 2 aliphatic carbocycles. The van der Waals surface area contributed by atoms with Crippen molar-refractivity contribution < 1.29 is 45.8 Å². The number of hydrogen-bond acceptors (Lipinski definition) is 0. The molecule has 0 saturated carbocycles. The molecular weight excluding hydrogens is 814 g/mol. The molecule has 0 spiro atoms. The summed E-state index contributed by atoms with van der Waals surface area (Å²) in [5.74, 6) is 0. The molecule has 0 amide bonds. The summed E-state index contributed by atoms with van der Waals surface area (Å²) in [5.41, 5.74) is 11.8. The number of aryl methyl sites for hydroxylation is 2. The number of unbranched alkanes of at least 4 members (excludes halogenated alkanes) is 2. The van der Waals surface area contributed by atoms with Gasteiger partial charge in [0.1, 0.15) is 0 Å². The zero-order valence-electron chi connectivity index (χ0n) is 29.1. The smallest absolute Gasteiger partial charge is 1.00 e. The van der Waals surface area contributed by atoms with E-state index in [4.69, 9.17) is 0 Å². The van der Waals surface area contributed by atoms with Crippen LogP contribution in [0.4, 0.5) is 0 Å². The molecule has 0 aliphatic heterocycles. The van der Waals surface area contributed by atoms with Crippen LogP contribution in [-0.4, -0.2) is 3.26 Å². The molecule has 0 aromatic heterocycles. The zero-order valence-corrected chi connectivity index (χ0v) is 34.2. The third-order valence-corrected chi connectivity index (χ3v) is 22.7. The molecule has 8 rings (SSSR count). The van der Waals surface area contributed by atoms with Crippen LogP contribution >= 0.6 is 0 Å². The number of rotatable bonds is 10. The second-order valence-electron chi connectivity index (χ2n) is 13.6. The Morgan fingerprint density at radius 1 is 0.600 bits per heavy atom. The van der Waals surface area contributed by atoms with Gasteiger partial charge in [-0.2, -0.15) is 0 Å². The Balaban J connectivity index is 0.00000216. The van der Waals surface area contributed by atoms with Crippen molar-refractivity contribution in [2.45, 2.75) is 62.5 Å². The average Bonchev–Trinajstić information content (AvgIpc) is 3.80. The average molecular weight is 858 g/mol. The number of benzene rings is 6. The second-order valence-corrected chi connectivity index (χ2v) is 22.8. The quantitative estimate of drug-likeness (QED) is 0.109. The third-order valence-electron chi connectivity index (χ3n) is 10.6. The van der Waals surface area contributed by atoms with Gasteiger partial charge < -0.3 is 24.8 Å². The van der Waals surface area contributed by atoms with Crippen LogP contribution in [0.15, 0.2) is 143 Å². The van der Waals surface area contributed by atoms with Crippen LogP contribution in [0, 0.1) is 0 Å². The van der Waals surface area contributed by atoms with E-state index in [1.807, 2.05) is 0 Å².